The normalized spacial score (nSPS) is 16.9. The molecule has 2 aromatic heterocycles. The average Bonchev–Trinajstić information content (AvgIpc) is 3.36. The monoisotopic (exact) mass is 368 g/mol. The van der Waals surface area contributed by atoms with Crippen LogP contribution in [-0.2, 0) is 9.59 Å². The summed E-state index contributed by atoms with van der Waals surface area (Å²) in [5.74, 6) is -0.474. The Bertz CT molecular complexity index is 934. The second-order valence-corrected chi connectivity index (χ2v) is 6.93. The van der Waals surface area contributed by atoms with Crippen LogP contribution in [0.3, 0.4) is 0 Å². The van der Waals surface area contributed by atoms with Crippen molar-refractivity contribution in [1.29, 1.82) is 0 Å². The molecule has 1 atom stereocenters. The molecule has 1 aliphatic heterocycles. The number of rotatable bonds is 4. The van der Waals surface area contributed by atoms with Crippen LogP contribution >= 0.6 is 11.3 Å². The molecule has 0 bridgehead atoms. The summed E-state index contributed by atoms with van der Waals surface area (Å²) < 4.78 is 5.46. The maximum atomic E-state index is 12.5. The van der Waals surface area contributed by atoms with Gasteiger partial charge in [-0.2, -0.15) is 11.3 Å². The zero-order valence-electron chi connectivity index (χ0n) is 14.0. The van der Waals surface area contributed by atoms with Gasteiger partial charge in [0.1, 0.15) is 0 Å². The van der Waals surface area contributed by atoms with Crippen LogP contribution in [0.5, 0.6) is 0 Å². The molecular weight excluding hydrogens is 352 g/mol. The molecule has 1 unspecified atom stereocenters. The molecule has 0 spiro atoms. The number of benzene rings is 1. The molecule has 1 aliphatic rings. The number of nitrogens with one attached hydrogen (secondary N) is 1. The van der Waals surface area contributed by atoms with Crippen molar-refractivity contribution in [2.24, 2.45) is 5.92 Å². The van der Waals surface area contributed by atoms with E-state index >= 15 is 0 Å². The quantitative estimate of drug-likeness (QED) is 0.764. The van der Waals surface area contributed by atoms with E-state index in [0.29, 0.717) is 12.4 Å². The van der Waals surface area contributed by atoms with Gasteiger partial charge in [0, 0.05) is 29.6 Å². The number of hydrogen-bond acceptors (Lipinski definition) is 6. The number of amides is 2. The lowest BCUT2D eigenvalue weighted by Gasteiger charge is -2.16. The van der Waals surface area contributed by atoms with Gasteiger partial charge in [-0.15, -0.1) is 5.10 Å². The molecule has 3 aromatic rings. The van der Waals surface area contributed by atoms with Crippen molar-refractivity contribution in [1.82, 2.24) is 10.2 Å². The Morgan fingerprint density at radius 3 is 2.81 bits per heavy atom. The van der Waals surface area contributed by atoms with Crippen LogP contribution in [0, 0.1) is 12.8 Å². The first kappa shape index (κ1) is 16.5. The Labute approximate surface area is 153 Å². The first-order valence-electron chi connectivity index (χ1n) is 8.14. The summed E-state index contributed by atoms with van der Waals surface area (Å²) in [5.41, 5.74) is 2.73. The van der Waals surface area contributed by atoms with Gasteiger partial charge < -0.3 is 9.32 Å². The molecule has 132 valence electrons. The molecule has 0 radical (unpaired) electrons. The van der Waals surface area contributed by atoms with Crippen LogP contribution in [0.2, 0.25) is 0 Å². The third kappa shape index (κ3) is 3.23. The van der Waals surface area contributed by atoms with Gasteiger partial charge >= 0.3 is 6.01 Å². The lowest BCUT2D eigenvalue weighted by molar-refractivity contribution is -0.122. The van der Waals surface area contributed by atoms with E-state index in [0.717, 1.165) is 16.8 Å². The molecule has 0 saturated carbocycles. The predicted molar refractivity (Wildman–Crippen MR) is 97.9 cm³/mol. The second kappa shape index (κ2) is 6.72. The van der Waals surface area contributed by atoms with Crippen molar-refractivity contribution in [3.05, 3.63) is 46.7 Å². The summed E-state index contributed by atoms with van der Waals surface area (Å²) in [6.07, 6.45) is 0.158. The van der Waals surface area contributed by atoms with E-state index in [1.807, 2.05) is 48.0 Å². The Hall–Kier alpha value is -3.00. The van der Waals surface area contributed by atoms with Crippen LogP contribution in [0.1, 0.15) is 12.0 Å². The summed E-state index contributed by atoms with van der Waals surface area (Å²) in [5, 5.41) is 14.2. The van der Waals surface area contributed by atoms with Gasteiger partial charge in [-0.1, -0.05) is 22.8 Å². The highest BCUT2D eigenvalue weighted by atomic mass is 32.1. The molecule has 4 rings (SSSR count). The molecule has 1 saturated heterocycles. The summed E-state index contributed by atoms with van der Waals surface area (Å²) in [6.45, 7) is 2.32. The van der Waals surface area contributed by atoms with Gasteiger partial charge in [0.15, 0.2) is 0 Å². The highest BCUT2D eigenvalue weighted by Gasteiger charge is 2.35. The van der Waals surface area contributed by atoms with Gasteiger partial charge in [0.05, 0.1) is 5.92 Å². The van der Waals surface area contributed by atoms with Crippen LogP contribution in [0.4, 0.5) is 11.7 Å². The number of hydrogen-bond donors (Lipinski definition) is 1. The molecule has 2 amide bonds. The standard InChI is InChI=1S/C18H16N4O3S/c1-11-2-4-14(5-3-11)22-9-13(8-15(22)23)16(24)19-18-21-20-17(25-18)12-6-7-26-10-12/h2-7,10,13H,8-9H2,1H3,(H,19,21,24). The van der Waals surface area contributed by atoms with Crippen LogP contribution in [0.25, 0.3) is 11.5 Å². The number of aryl methyl sites for hydroxylation is 1. The van der Waals surface area contributed by atoms with Crippen molar-refractivity contribution in [2.75, 3.05) is 16.8 Å². The summed E-state index contributed by atoms with van der Waals surface area (Å²) in [6, 6.07) is 9.56. The molecule has 1 N–H and O–H groups in total. The van der Waals surface area contributed by atoms with E-state index in [2.05, 4.69) is 15.5 Å². The van der Waals surface area contributed by atoms with Crippen molar-refractivity contribution >= 4 is 34.9 Å². The molecule has 1 fully saturated rings. The fourth-order valence-corrected chi connectivity index (χ4v) is 3.47. The van der Waals surface area contributed by atoms with Crippen LogP contribution in [-0.4, -0.2) is 28.6 Å². The van der Waals surface area contributed by atoms with Crippen LogP contribution in [0.15, 0.2) is 45.5 Å². The average molecular weight is 368 g/mol. The third-order valence-corrected chi connectivity index (χ3v) is 4.95. The van der Waals surface area contributed by atoms with Crippen LogP contribution < -0.4 is 10.2 Å². The number of anilines is 2. The van der Waals surface area contributed by atoms with Gasteiger partial charge in [0.2, 0.25) is 11.8 Å². The predicted octanol–water partition coefficient (Wildman–Crippen LogP) is 3.10. The maximum Gasteiger partial charge on any atom is 0.322 e. The molecule has 26 heavy (non-hydrogen) atoms. The lowest BCUT2D eigenvalue weighted by Crippen LogP contribution is -2.28. The SMILES string of the molecule is Cc1ccc(N2CC(C(=O)Nc3nnc(-c4ccsc4)o3)CC2=O)cc1. The largest absolute Gasteiger partial charge is 0.403 e. The Kier molecular flexibility index (Phi) is 4.26. The molecule has 0 aliphatic carbocycles. The van der Waals surface area contributed by atoms with Crippen molar-refractivity contribution in [3.63, 3.8) is 0 Å². The minimum atomic E-state index is -0.458. The molecule has 8 heteroatoms. The fraction of sp³-hybridized carbons (Fsp3) is 0.222. The second-order valence-electron chi connectivity index (χ2n) is 6.15. The smallest absolute Gasteiger partial charge is 0.322 e. The number of carbonyl (C=O) groups is 2. The Balaban J connectivity index is 1.43. The fourth-order valence-electron chi connectivity index (χ4n) is 2.84. The minimum absolute atomic E-state index is 0.0393. The molecule has 7 nitrogen and oxygen atoms in total. The Morgan fingerprint density at radius 1 is 1.27 bits per heavy atom. The van der Waals surface area contributed by atoms with Crippen molar-refractivity contribution in [2.45, 2.75) is 13.3 Å². The number of thiophene rings is 1. The van der Waals surface area contributed by atoms with E-state index in [-0.39, 0.29) is 24.2 Å². The number of carbonyl (C=O) groups excluding carboxylic acids is 2. The third-order valence-electron chi connectivity index (χ3n) is 4.26. The summed E-state index contributed by atoms with van der Waals surface area (Å²) in [7, 11) is 0. The summed E-state index contributed by atoms with van der Waals surface area (Å²) in [4.78, 5) is 26.4. The topological polar surface area (TPSA) is 88.3 Å². The number of nitrogens with zero attached hydrogens (tertiary/aromatic N) is 3. The van der Waals surface area contributed by atoms with E-state index in [4.69, 9.17) is 4.42 Å². The highest BCUT2D eigenvalue weighted by Crippen LogP contribution is 2.27. The molecular formula is C18H16N4O3S. The first-order valence-corrected chi connectivity index (χ1v) is 9.08. The van der Waals surface area contributed by atoms with Gasteiger partial charge in [-0.3, -0.25) is 14.9 Å². The molecule has 1 aromatic carbocycles. The van der Waals surface area contributed by atoms with Gasteiger partial charge in [-0.05, 0) is 30.5 Å². The summed E-state index contributed by atoms with van der Waals surface area (Å²) >= 11 is 1.52. The van der Waals surface area contributed by atoms with E-state index in [1.165, 1.54) is 11.3 Å². The van der Waals surface area contributed by atoms with E-state index in [9.17, 15) is 9.59 Å². The van der Waals surface area contributed by atoms with Crippen molar-refractivity contribution in [3.8, 4) is 11.5 Å². The lowest BCUT2D eigenvalue weighted by atomic mass is 10.1. The highest BCUT2D eigenvalue weighted by molar-refractivity contribution is 7.08. The minimum Gasteiger partial charge on any atom is -0.403 e. The van der Waals surface area contributed by atoms with Crippen molar-refractivity contribution < 1.29 is 14.0 Å². The van der Waals surface area contributed by atoms with E-state index in [1.54, 1.807) is 4.90 Å². The zero-order chi connectivity index (χ0) is 18.1. The van der Waals surface area contributed by atoms with Gasteiger partial charge in [-0.25, -0.2) is 0 Å². The first-order chi connectivity index (χ1) is 12.6. The van der Waals surface area contributed by atoms with Gasteiger partial charge in [0.25, 0.3) is 5.89 Å². The van der Waals surface area contributed by atoms with E-state index < -0.39 is 5.92 Å². The number of aromatic nitrogens is 2. The zero-order valence-corrected chi connectivity index (χ0v) is 14.8. The molecule has 3 heterocycles. The Morgan fingerprint density at radius 2 is 2.08 bits per heavy atom. The maximum absolute atomic E-state index is 12.5.